The van der Waals surface area contributed by atoms with Crippen LogP contribution in [0.1, 0.15) is 13.8 Å². The third-order valence-corrected chi connectivity index (χ3v) is 4.58. The van der Waals surface area contributed by atoms with E-state index in [4.69, 9.17) is 10.5 Å². The zero-order chi connectivity index (χ0) is 16.1. The standard InChI is InChI=1S/C15H28N4O3.2ClH/c1-12(13(2)16)15(21)19-5-3-17(4-6-19)11-14(20)18-7-9-22-10-8-18;;/h12-13H,3-11,16H2,1-2H3;2*1H. The van der Waals surface area contributed by atoms with E-state index in [2.05, 4.69) is 4.90 Å². The van der Waals surface area contributed by atoms with Crippen LogP contribution in [-0.2, 0) is 14.3 Å². The summed E-state index contributed by atoms with van der Waals surface area (Å²) in [7, 11) is 0. The van der Waals surface area contributed by atoms with Gasteiger partial charge in [0.05, 0.1) is 25.7 Å². The van der Waals surface area contributed by atoms with Crippen LogP contribution in [0.4, 0.5) is 0 Å². The van der Waals surface area contributed by atoms with Gasteiger partial charge in [0.15, 0.2) is 0 Å². The molecule has 0 aromatic rings. The molecule has 0 saturated carbocycles. The fourth-order valence-electron chi connectivity index (χ4n) is 2.74. The first kappa shape index (κ1) is 23.4. The zero-order valence-electron chi connectivity index (χ0n) is 14.5. The molecule has 2 amide bonds. The molecule has 2 rings (SSSR count). The molecule has 0 radical (unpaired) electrons. The molecule has 2 heterocycles. The number of rotatable bonds is 4. The largest absolute Gasteiger partial charge is 0.378 e. The van der Waals surface area contributed by atoms with Gasteiger partial charge in [-0.1, -0.05) is 6.92 Å². The Labute approximate surface area is 156 Å². The third kappa shape index (κ3) is 6.37. The maximum atomic E-state index is 12.3. The summed E-state index contributed by atoms with van der Waals surface area (Å²) in [5.74, 6) is 0.128. The van der Waals surface area contributed by atoms with Gasteiger partial charge in [0, 0.05) is 45.3 Å². The van der Waals surface area contributed by atoms with Crippen molar-refractivity contribution in [1.29, 1.82) is 0 Å². The number of ether oxygens (including phenoxy) is 1. The summed E-state index contributed by atoms with van der Waals surface area (Å²) in [6, 6.07) is -0.131. The SMILES string of the molecule is CC(N)C(C)C(=O)N1CCN(CC(=O)N2CCOCC2)CC1.Cl.Cl. The minimum absolute atomic E-state index is 0. The summed E-state index contributed by atoms with van der Waals surface area (Å²) in [5.41, 5.74) is 5.80. The average Bonchev–Trinajstić information content (AvgIpc) is 2.55. The Morgan fingerprint density at radius 2 is 1.50 bits per heavy atom. The van der Waals surface area contributed by atoms with Crippen LogP contribution in [0.2, 0.25) is 0 Å². The first-order valence-electron chi connectivity index (χ1n) is 8.11. The summed E-state index contributed by atoms with van der Waals surface area (Å²) < 4.78 is 5.26. The topological polar surface area (TPSA) is 79.1 Å². The van der Waals surface area contributed by atoms with Crippen LogP contribution in [0.3, 0.4) is 0 Å². The van der Waals surface area contributed by atoms with Crippen molar-refractivity contribution >= 4 is 36.6 Å². The summed E-state index contributed by atoms with van der Waals surface area (Å²) in [6.07, 6.45) is 0. The van der Waals surface area contributed by atoms with E-state index >= 15 is 0 Å². The van der Waals surface area contributed by atoms with E-state index in [0.29, 0.717) is 45.9 Å². The summed E-state index contributed by atoms with van der Waals surface area (Å²) in [6.45, 7) is 9.63. The molecule has 0 bridgehead atoms. The van der Waals surface area contributed by atoms with Gasteiger partial charge in [0.2, 0.25) is 11.8 Å². The highest BCUT2D eigenvalue weighted by Gasteiger charge is 2.28. The van der Waals surface area contributed by atoms with E-state index in [1.165, 1.54) is 0 Å². The van der Waals surface area contributed by atoms with Crippen molar-refractivity contribution in [2.45, 2.75) is 19.9 Å². The number of amides is 2. The molecule has 2 fully saturated rings. The number of hydrogen-bond donors (Lipinski definition) is 1. The minimum Gasteiger partial charge on any atom is -0.378 e. The summed E-state index contributed by atoms with van der Waals surface area (Å²) in [5, 5.41) is 0. The third-order valence-electron chi connectivity index (χ3n) is 4.58. The lowest BCUT2D eigenvalue weighted by Gasteiger charge is -2.37. The van der Waals surface area contributed by atoms with Crippen LogP contribution in [0.15, 0.2) is 0 Å². The first-order valence-corrected chi connectivity index (χ1v) is 8.11. The van der Waals surface area contributed by atoms with Crippen LogP contribution >= 0.6 is 24.8 Å². The van der Waals surface area contributed by atoms with Crippen LogP contribution in [0, 0.1) is 5.92 Å². The van der Waals surface area contributed by atoms with Crippen LogP contribution < -0.4 is 5.73 Å². The molecule has 2 unspecified atom stereocenters. The van der Waals surface area contributed by atoms with Gasteiger partial charge in [-0.3, -0.25) is 14.5 Å². The van der Waals surface area contributed by atoms with E-state index in [1.54, 1.807) is 0 Å². The summed E-state index contributed by atoms with van der Waals surface area (Å²) in [4.78, 5) is 30.3. The van der Waals surface area contributed by atoms with E-state index in [9.17, 15) is 9.59 Å². The fourth-order valence-corrected chi connectivity index (χ4v) is 2.74. The number of morpholine rings is 1. The van der Waals surface area contributed by atoms with E-state index in [0.717, 1.165) is 13.1 Å². The fraction of sp³-hybridized carbons (Fsp3) is 0.867. The van der Waals surface area contributed by atoms with Crippen molar-refractivity contribution in [2.24, 2.45) is 11.7 Å². The van der Waals surface area contributed by atoms with Gasteiger partial charge in [-0.05, 0) is 6.92 Å². The maximum absolute atomic E-state index is 12.3. The normalized spacial score (nSPS) is 21.3. The lowest BCUT2D eigenvalue weighted by atomic mass is 10.0. The van der Waals surface area contributed by atoms with Gasteiger partial charge in [-0.15, -0.1) is 24.8 Å². The molecule has 2 aliphatic heterocycles. The molecular weight excluding hydrogens is 355 g/mol. The van der Waals surface area contributed by atoms with Crippen molar-refractivity contribution in [3.8, 4) is 0 Å². The van der Waals surface area contributed by atoms with Crippen molar-refractivity contribution in [3.05, 3.63) is 0 Å². The van der Waals surface area contributed by atoms with Gasteiger partial charge in [0.1, 0.15) is 0 Å². The Balaban J connectivity index is 0.00000264. The Hall–Kier alpha value is -0.600. The molecule has 0 aromatic carbocycles. The lowest BCUT2D eigenvalue weighted by molar-refractivity contribution is -0.139. The van der Waals surface area contributed by atoms with Gasteiger partial charge in [-0.2, -0.15) is 0 Å². The van der Waals surface area contributed by atoms with E-state index in [1.807, 2.05) is 23.6 Å². The second-order valence-electron chi connectivity index (χ2n) is 6.24. The highest BCUT2D eigenvalue weighted by molar-refractivity contribution is 5.85. The van der Waals surface area contributed by atoms with Crippen LogP contribution in [-0.4, -0.2) is 91.6 Å². The monoisotopic (exact) mass is 384 g/mol. The smallest absolute Gasteiger partial charge is 0.236 e. The second kappa shape index (κ2) is 11.1. The predicted molar refractivity (Wildman–Crippen MR) is 97.7 cm³/mol. The quantitative estimate of drug-likeness (QED) is 0.726. The Morgan fingerprint density at radius 1 is 0.958 bits per heavy atom. The van der Waals surface area contributed by atoms with Crippen molar-refractivity contribution in [2.75, 3.05) is 59.0 Å². The highest BCUT2D eigenvalue weighted by atomic mass is 35.5. The molecule has 2 atom stereocenters. The number of nitrogens with zero attached hydrogens (tertiary/aromatic N) is 3. The number of carbonyl (C=O) groups is 2. The lowest BCUT2D eigenvalue weighted by Crippen LogP contribution is -2.54. The van der Waals surface area contributed by atoms with E-state index < -0.39 is 0 Å². The average molecular weight is 385 g/mol. The molecule has 2 N–H and O–H groups in total. The highest BCUT2D eigenvalue weighted by Crippen LogP contribution is 2.10. The molecule has 142 valence electrons. The van der Waals surface area contributed by atoms with Gasteiger partial charge < -0.3 is 20.3 Å². The second-order valence-corrected chi connectivity index (χ2v) is 6.24. The molecule has 0 spiro atoms. The number of nitrogens with two attached hydrogens (primary N) is 1. The number of piperazine rings is 1. The van der Waals surface area contributed by atoms with Crippen LogP contribution in [0.5, 0.6) is 0 Å². The molecule has 0 aliphatic carbocycles. The minimum atomic E-state index is -0.151. The van der Waals surface area contributed by atoms with Crippen molar-refractivity contribution in [1.82, 2.24) is 14.7 Å². The van der Waals surface area contributed by atoms with Crippen molar-refractivity contribution in [3.63, 3.8) is 0 Å². The molecule has 9 heteroatoms. The van der Waals surface area contributed by atoms with Crippen molar-refractivity contribution < 1.29 is 14.3 Å². The number of carbonyl (C=O) groups excluding carboxylic acids is 2. The molecule has 24 heavy (non-hydrogen) atoms. The Bertz CT molecular complexity index is 398. The molecule has 0 aromatic heterocycles. The van der Waals surface area contributed by atoms with Gasteiger partial charge in [-0.25, -0.2) is 0 Å². The Morgan fingerprint density at radius 3 is 2.00 bits per heavy atom. The van der Waals surface area contributed by atoms with Gasteiger partial charge >= 0.3 is 0 Å². The molecule has 7 nitrogen and oxygen atoms in total. The molecule has 2 saturated heterocycles. The predicted octanol–water partition coefficient (Wildman–Crippen LogP) is -0.184. The summed E-state index contributed by atoms with van der Waals surface area (Å²) >= 11 is 0. The Kier molecular flexibility index (Phi) is 10.8. The number of hydrogen-bond acceptors (Lipinski definition) is 5. The van der Waals surface area contributed by atoms with Gasteiger partial charge in [0.25, 0.3) is 0 Å². The number of halogens is 2. The first-order chi connectivity index (χ1) is 10.5. The maximum Gasteiger partial charge on any atom is 0.236 e. The van der Waals surface area contributed by atoms with Crippen LogP contribution in [0.25, 0.3) is 0 Å². The molecule has 2 aliphatic rings. The zero-order valence-corrected chi connectivity index (χ0v) is 16.1. The van der Waals surface area contributed by atoms with E-state index in [-0.39, 0.29) is 48.6 Å². The molecular formula is C15H30Cl2N4O3.